The highest BCUT2D eigenvalue weighted by molar-refractivity contribution is 5.92. The highest BCUT2D eigenvalue weighted by atomic mass is 16.7. The van der Waals surface area contributed by atoms with E-state index in [-0.39, 0.29) is 144 Å². The number of amides is 21. The zero-order valence-corrected chi connectivity index (χ0v) is 86.8. The van der Waals surface area contributed by atoms with Crippen LogP contribution >= 0.6 is 0 Å². The van der Waals surface area contributed by atoms with E-state index in [1.165, 1.54) is 90.1 Å². The summed E-state index contributed by atoms with van der Waals surface area (Å²) in [6, 6.07) is -4.61. The van der Waals surface area contributed by atoms with Crippen molar-refractivity contribution in [3.63, 3.8) is 0 Å². The van der Waals surface area contributed by atoms with Gasteiger partial charge in [-0.25, -0.2) is 76.9 Å². The number of piperidine rings is 10. The van der Waals surface area contributed by atoms with E-state index in [1.54, 1.807) is 41.9 Å². The summed E-state index contributed by atoms with van der Waals surface area (Å²) in [6.45, 7) is 17.4. The van der Waals surface area contributed by atoms with E-state index in [0.29, 0.717) is 141 Å². The van der Waals surface area contributed by atoms with E-state index >= 15 is 0 Å². The summed E-state index contributed by atoms with van der Waals surface area (Å²) >= 11 is 0. The molecule has 1 aromatic heterocycles. The molecule has 21 amide bonds. The second-order valence-corrected chi connectivity index (χ2v) is 40.8. The van der Waals surface area contributed by atoms with Gasteiger partial charge in [-0.2, -0.15) is 35.4 Å². The first-order valence-corrected chi connectivity index (χ1v) is 52.4. The molecular weight excluding hydrogens is 1960 g/mol. The van der Waals surface area contributed by atoms with E-state index in [4.69, 9.17) is 67.7 Å². The molecule has 21 rings (SSSR count). The maximum atomic E-state index is 12.3. The van der Waals surface area contributed by atoms with Gasteiger partial charge < -0.3 is 69.9 Å². The number of carbonyl (C=O) groups is 14. The average molecular weight is 2110 g/mol. The van der Waals surface area contributed by atoms with Gasteiger partial charge in [0.05, 0.1) is 143 Å². The zero-order chi connectivity index (χ0) is 105. The number of nitrogens with one attached hydrogen (secondary N) is 11. The maximum Gasteiger partial charge on any atom is 0.345 e. The van der Waals surface area contributed by atoms with Crippen LogP contribution in [0.25, 0.3) is 0 Å². The number of fused-ring (bicyclic) bond motifs is 14. The third-order valence-corrected chi connectivity index (χ3v) is 31.1. The van der Waals surface area contributed by atoms with Crippen molar-refractivity contribution in [2.24, 2.45) is 17.8 Å². The molecule has 0 spiro atoms. The average Bonchev–Trinajstić information content (AvgIpc) is 1.66. The molecule has 0 aliphatic carbocycles. The fraction of sp³-hybridized carbons (Fsp3) is 0.815. The molecule has 20 saturated heterocycles. The van der Waals surface area contributed by atoms with E-state index in [2.05, 4.69) is 81.5 Å². The van der Waals surface area contributed by atoms with Gasteiger partial charge in [-0.3, -0.25) is 101 Å². The molecule has 21 heterocycles. The molecule has 0 radical (unpaired) electrons. The quantitative estimate of drug-likeness (QED) is 0.0252. The minimum atomic E-state index is -0.503. The SMILES string of the molecule is CON1C(=O)N2C[C@H]1CC[C@H]2C(=O)NOC1CCNCC1.CON1C(=O)N2C[C@H]1CC[C@H]2C(=O)NOCC1CCN(C)CC1.CON1C(=O)N2C[C@H]1CC[C@H]2C(=O)NOCC1CN(C)C1.CON1C(=O)N2C[C@H]1CC[C@H]2C(=O)NOCCn1ccnc1.CON1C(=O)N2C[C@H]1CC[C@H]2C(=O)NOC[C@@H]1CCCNC1.CON1C(=O)N2C[C@H]1CC[C@H]2C(=O)NO[C@@H]1CCNC1.CON1C(=O)N2C[C@H]1CC[C@H]2C(=O)NO[C@H]1CCNC1. The van der Waals surface area contributed by atoms with Gasteiger partial charge in [0.2, 0.25) is 0 Å². The maximum absolute atomic E-state index is 12.3. The topological polar surface area (TPSA) is 570 Å². The number of carbonyl (C=O) groups excluding carboxylic acids is 14. The summed E-state index contributed by atoms with van der Waals surface area (Å²) in [4.78, 5) is 263. The van der Waals surface area contributed by atoms with Gasteiger partial charge in [0.15, 0.2) is 0 Å². The first-order chi connectivity index (χ1) is 72.2. The molecule has 14 bridgehead atoms. The van der Waals surface area contributed by atoms with Crippen LogP contribution in [0.5, 0.6) is 0 Å². The summed E-state index contributed by atoms with van der Waals surface area (Å²) in [5.41, 5.74) is 17.5. The number of nitrogens with zero attached hydrogens (tertiary/aromatic N) is 18. The summed E-state index contributed by atoms with van der Waals surface area (Å²) in [5, 5.41) is 22.4. The lowest BCUT2D eigenvalue weighted by Gasteiger charge is -2.35. The number of aromatic nitrogens is 2. The summed E-state index contributed by atoms with van der Waals surface area (Å²) in [6.07, 6.45) is 23.0. The summed E-state index contributed by atoms with van der Waals surface area (Å²) in [5.74, 6) is -0.356. The molecule has 20 aliphatic heterocycles. The van der Waals surface area contributed by atoms with Gasteiger partial charge in [0.25, 0.3) is 41.4 Å². The van der Waals surface area contributed by atoms with Gasteiger partial charge >= 0.3 is 42.2 Å². The second-order valence-electron chi connectivity index (χ2n) is 40.8. The lowest BCUT2D eigenvalue weighted by molar-refractivity contribution is -0.145. The number of rotatable bonds is 33. The van der Waals surface area contributed by atoms with Crippen molar-refractivity contribution in [1.29, 1.82) is 0 Å². The number of hydrogen-bond acceptors (Lipinski definition) is 35. The standard InChI is InChI=1S/C15H26N4O4.C14H24N4O4.C13H19N5O4.2C13H22N4O4.2C12H20N4O4/c1-17-7-5-11(6-8-17)10-23-16-14(20)13-4-3-12-9-18(13)15(21)19(12)22-2;1-21-18-11-4-5-12(17(8-11)14(18)20)13(19)16-22-9-10-3-2-6-15-7-10;1-21-18-10-2-3-11(17(8-10)13(18)20)12(19)15-22-7-6-16-5-4-14-9-16;1-15-5-9(6-15)8-21-14-12(18)11-4-3-10-7-16(11)13(19)17(10)20-2;1-20-17-9-2-3-11(16(8-9)13(17)19)12(18)15-21-10-4-6-14-7-5-10;2*1-19-16-8-2-3-10(15(7-8)12(16)18)11(17)14-20-9-4-5-13-6-9/h11-13H,3-10H2,1-2H3,(H,16,20);10-12,15H,2-9H2,1H3,(H,16,19);4-5,9-11H,2-3,6-8H2,1H3,(H,15,19);9-11H,3-8H2,1-2H3,(H,14,18);9-11,14H,2-8H2,1H3,(H,15,18);2*8-10,13H,2-7H2,1H3,(H,14,17)/t12-,13+;10-,11-,12+;2*10-,11+;9-,11+;8-,9+,10+;8-,9-,10+/m1111111/s1. The normalized spacial score (nSPS) is 29.9. The van der Waals surface area contributed by atoms with E-state index in [9.17, 15) is 67.1 Å². The Bertz CT molecular complexity index is 4540. The Hall–Kier alpha value is -10.4. The molecule has 20 fully saturated rings. The van der Waals surface area contributed by atoms with Crippen LogP contribution in [0.2, 0.25) is 0 Å². The van der Waals surface area contributed by atoms with Crippen molar-refractivity contribution in [3.05, 3.63) is 18.7 Å². The molecule has 57 nitrogen and oxygen atoms in total. The van der Waals surface area contributed by atoms with Crippen LogP contribution in [0.3, 0.4) is 0 Å². The Morgan fingerprint density at radius 3 is 0.866 bits per heavy atom. The Morgan fingerprint density at radius 2 is 0.584 bits per heavy atom. The largest absolute Gasteiger partial charge is 0.345 e. The predicted molar refractivity (Wildman–Crippen MR) is 516 cm³/mol. The minimum Gasteiger partial charge on any atom is -0.335 e. The first kappa shape index (κ1) is 113. The Balaban J connectivity index is 0.000000130. The molecule has 1 aromatic rings. The number of urea groups is 7. The van der Waals surface area contributed by atoms with Crippen LogP contribution in [0.4, 0.5) is 33.6 Å². The molecule has 149 heavy (non-hydrogen) atoms. The van der Waals surface area contributed by atoms with Gasteiger partial charge in [-0.05, 0) is 213 Å². The molecule has 0 aromatic carbocycles. The molecule has 0 unspecified atom stereocenters. The summed E-state index contributed by atoms with van der Waals surface area (Å²) in [7, 11) is 14.5. The van der Waals surface area contributed by atoms with E-state index < -0.39 is 42.3 Å². The fourth-order valence-electron chi connectivity index (χ4n) is 22.8. The lowest BCUT2D eigenvalue weighted by atomic mass is 9.98. The minimum absolute atomic E-state index is 0.0139. The Kier molecular flexibility index (Phi) is 41.0. The van der Waals surface area contributed by atoms with Gasteiger partial charge in [0, 0.05) is 103 Å². The highest BCUT2D eigenvalue weighted by Crippen LogP contribution is 2.38. The number of hydroxylamine groups is 21. The lowest BCUT2D eigenvalue weighted by Crippen LogP contribution is -2.51. The third-order valence-electron chi connectivity index (χ3n) is 31.1. The van der Waals surface area contributed by atoms with Crippen molar-refractivity contribution >= 4 is 83.6 Å². The second kappa shape index (κ2) is 54.2. The van der Waals surface area contributed by atoms with Crippen LogP contribution in [0.15, 0.2) is 18.7 Å². The van der Waals surface area contributed by atoms with Crippen LogP contribution < -0.4 is 59.6 Å². The Morgan fingerprint density at radius 1 is 0.302 bits per heavy atom. The monoisotopic (exact) mass is 2110 g/mol. The van der Waals surface area contributed by atoms with Crippen molar-refractivity contribution < 1.29 is 135 Å². The van der Waals surface area contributed by atoms with Crippen LogP contribution in [-0.2, 0) is 108 Å². The molecule has 57 heteroatoms. The smallest absolute Gasteiger partial charge is 0.335 e. The van der Waals surface area contributed by atoms with Gasteiger partial charge in [-0.1, -0.05) is 0 Å². The summed E-state index contributed by atoms with van der Waals surface area (Å²) < 4.78 is 1.85. The first-order valence-electron chi connectivity index (χ1n) is 52.4. The van der Waals surface area contributed by atoms with Gasteiger partial charge in [-0.15, -0.1) is 0 Å². The van der Waals surface area contributed by atoms with Crippen molar-refractivity contribution in [2.75, 3.05) is 215 Å². The van der Waals surface area contributed by atoms with Crippen molar-refractivity contribution in [1.82, 2.24) is 149 Å². The van der Waals surface area contributed by atoms with Crippen LogP contribution in [0.1, 0.15) is 141 Å². The molecule has 20 aliphatic rings. The van der Waals surface area contributed by atoms with Crippen molar-refractivity contribution in [3.8, 4) is 0 Å². The molecular formula is C92H153N29O28. The fourth-order valence-corrected chi connectivity index (χ4v) is 22.8. The molecule has 834 valence electrons. The number of imidazole rings is 1. The van der Waals surface area contributed by atoms with Crippen LogP contribution in [-0.4, -0.2) is 490 Å². The Labute approximate surface area is 865 Å². The van der Waals surface area contributed by atoms with Gasteiger partial charge in [0.1, 0.15) is 42.3 Å². The van der Waals surface area contributed by atoms with Crippen LogP contribution in [0, 0.1) is 17.8 Å². The van der Waals surface area contributed by atoms with E-state index in [0.717, 1.165) is 175 Å². The number of likely N-dealkylation sites (tertiary alicyclic amines) is 2. The zero-order valence-electron chi connectivity index (χ0n) is 86.8. The molecule has 0 saturated carbocycles. The third kappa shape index (κ3) is 27.8. The molecule has 17 atom stereocenters. The highest BCUT2D eigenvalue weighted by Gasteiger charge is 2.56. The van der Waals surface area contributed by atoms with E-state index in [1.807, 2.05) is 17.8 Å². The van der Waals surface area contributed by atoms with Crippen molar-refractivity contribution in [2.45, 2.75) is 251 Å². The number of hydrogen-bond donors (Lipinski definition) is 11. The molecule has 11 N–H and O–H groups in total. The predicted octanol–water partition coefficient (Wildman–Crippen LogP) is -2.68.